The van der Waals surface area contributed by atoms with Crippen LogP contribution in [0.4, 0.5) is 0 Å². The van der Waals surface area contributed by atoms with E-state index in [9.17, 15) is 4.79 Å². The molecule has 0 radical (unpaired) electrons. The first-order chi connectivity index (χ1) is 5.11. The molecule has 0 unspecified atom stereocenters. The fraction of sp³-hybridized carbons (Fsp3) is 0.857. The van der Waals surface area contributed by atoms with Gasteiger partial charge in [0.05, 0.1) is 12.6 Å². The van der Waals surface area contributed by atoms with Crippen LogP contribution in [0.15, 0.2) is 0 Å². The molecule has 0 saturated heterocycles. The van der Waals surface area contributed by atoms with Crippen LogP contribution in [0.25, 0.3) is 0 Å². The van der Waals surface area contributed by atoms with Crippen LogP contribution in [-0.2, 0) is 4.79 Å². The first-order valence-corrected chi connectivity index (χ1v) is 3.78. The van der Waals surface area contributed by atoms with Crippen molar-refractivity contribution in [1.82, 2.24) is 5.32 Å². The number of hydrogen-bond acceptors (Lipinski definition) is 3. The van der Waals surface area contributed by atoms with Gasteiger partial charge in [-0.15, -0.1) is 0 Å². The first kappa shape index (κ1) is 10.4. The van der Waals surface area contributed by atoms with E-state index in [2.05, 4.69) is 5.32 Å². The average Bonchev–Trinajstić information content (AvgIpc) is 2.02. The van der Waals surface area contributed by atoms with Crippen LogP contribution in [-0.4, -0.2) is 29.7 Å². The fourth-order valence-electron chi connectivity index (χ4n) is 0.581. The second-order valence-corrected chi connectivity index (χ2v) is 2.61. The van der Waals surface area contributed by atoms with Crippen molar-refractivity contribution >= 4 is 5.91 Å². The van der Waals surface area contributed by atoms with E-state index < -0.39 is 6.04 Å². The monoisotopic (exact) mass is 160 g/mol. The molecule has 0 fully saturated rings. The predicted octanol–water partition coefficient (Wildman–Crippen LogP) is -0.779. The summed E-state index contributed by atoms with van der Waals surface area (Å²) >= 11 is 0. The summed E-state index contributed by atoms with van der Waals surface area (Å²) in [4.78, 5) is 11.0. The zero-order chi connectivity index (χ0) is 8.85. The number of nitrogens with one attached hydrogen (secondary N) is 1. The summed E-state index contributed by atoms with van der Waals surface area (Å²) in [6.07, 6.45) is 0.615. The van der Waals surface area contributed by atoms with E-state index in [0.717, 1.165) is 0 Å². The molecule has 0 aromatic carbocycles. The van der Waals surface area contributed by atoms with Crippen LogP contribution < -0.4 is 11.1 Å². The lowest BCUT2D eigenvalue weighted by atomic mass is 10.2. The van der Waals surface area contributed by atoms with Crippen molar-refractivity contribution in [3.8, 4) is 0 Å². The van der Waals surface area contributed by atoms with Crippen LogP contribution >= 0.6 is 0 Å². The van der Waals surface area contributed by atoms with Gasteiger partial charge in [0, 0.05) is 6.04 Å². The van der Waals surface area contributed by atoms with Gasteiger partial charge in [0.15, 0.2) is 0 Å². The largest absolute Gasteiger partial charge is 0.394 e. The molecule has 0 aliphatic carbocycles. The number of nitrogens with two attached hydrogens (primary N) is 1. The highest BCUT2D eigenvalue weighted by atomic mass is 16.3. The van der Waals surface area contributed by atoms with E-state index in [0.29, 0.717) is 6.42 Å². The molecule has 0 aromatic heterocycles. The summed E-state index contributed by atoms with van der Waals surface area (Å²) in [5.74, 6) is -0.200. The Bertz CT molecular complexity index is 128. The zero-order valence-electron chi connectivity index (χ0n) is 7.00. The van der Waals surface area contributed by atoms with Crippen LogP contribution in [0.5, 0.6) is 0 Å². The van der Waals surface area contributed by atoms with Crippen LogP contribution in [0, 0.1) is 0 Å². The lowest BCUT2D eigenvalue weighted by Gasteiger charge is -2.13. The van der Waals surface area contributed by atoms with Crippen molar-refractivity contribution < 1.29 is 9.90 Å². The van der Waals surface area contributed by atoms with E-state index in [-0.39, 0.29) is 18.6 Å². The molecule has 66 valence electrons. The maximum absolute atomic E-state index is 11.0. The highest BCUT2D eigenvalue weighted by Gasteiger charge is 2.12. The molecular formula is C7H16N2O2. The van der Waals surface area contributed by atoms with Gasteiger partial charge >= 0.3 is 0 Å². The maximum atomic E-state index is 11.0. The third kappa shape index (κ3) is 3.95. The topological polar surface area (TPSA) is 75.4 Å². The highest BCUT2D eigenvalue weighted by Crippen LogP contribution is 1.87. The molecule has 0 aliphatic rings. The minimum Gasteiger partial charge on any atom is -0.394 e. The minimum atomic E-state index is -0.455. The Morgan fingerprint density at radius 1 is 1.73 bits per heavy atom. The summed E-state index contributed by atoms with van der Waals surface area (Å²) < 4.78 is 0. The van der Waals surface area contributed by atoms with Crippen molar-refractivity contribution in [1.29, 1.82) is 0 Å². The molecule has 0 bridgehead atoms. The lowest BCUT2D eigenvalue weighted by Crippen LogP contribution is -2.45. The van der Waals surface area contributed by atoms with Crippen molar-refractivity contribution in [3.05, 3.63) is 0 Å². The molecule has 1 amide bonds. The molecule has 0 heterocycles. The number of hydrogen-bond donors (Lipinski definition) is 3. The Morgan fingerprint density at radius 3 is 2.64 bits per heavy atom. The summed E-state index contributed by atoms with van der Waals surface area (Å²) in [5.41, 5.74) is 5.43. The number of carbonyl (C=O) groups excluding carboxylic acids is 1. The molecule has 0 aliphatic heterocycles. The van der Waals surface area contributed by atoms with Gasteiger partial charge in [-0.1, -0.05) is 6.92 Å². The fourth-order valence-corrected chi connectivity index (χ4v) is 0.581. The van der Waals surface area contributed by atoms with Gasteiger partial charge in [0.25, 0.3) is 0 Å². The summed E-state index contributed by atoms with van der Waals surface area (Å²) in [7, 11) is 0. The highest BCUT2D eigenvalue weighted by molar-refractivity contribution is 5.81. The molecule has 0 spiro atoms. The molecule has 0 saturated carbocycles. The average molecular weight is 160 g/mol. The Balaban J connectivity index is 3.68. The number of aliphatic hydroxyl groups is 1. The Labute approximate surface area is 66.8 Å². The molecule has 4 heteroatoms. The summed E-state index contributed by atoms with van der Waals surface area (Å²) in [5, 5.41) is 11.1. The van der Waals surface area contributed by atoms with Crippen LogP contribution in [0.2, 0.25) is 0 Å². The third-order valence-electron chi connectivity index (χ3n) is 1.44. The summed E-state index contributed by atoms with van der Waals surface area (Å²) in [6, 6.07) is -0.663. The van der Waals surface area contributed by atoms with Gasteiger partial charge in [-0.05, 0) is 13.3 Å². The van der Waals surface area contributed by atoms with Crippen LogP contribution in [0.1, 0.15) is 20.3 Å². The quantitative estimate of drug-likeness (QED) is 0.505. The Hall–Kier alpha value is -0.610. The van der Waals surface area contributed by atoms with Gasteiger partial charge in [-0.2, -0.15) is 0 Å². The Kier molecular flexibility index (Phi) is 4.81. The van der Waals surface area contributed by atoms with Gasteiger partial charge in [0.2, 0.25) is 5.91 Å². The first-order valence-electron chi connectivity index (χ1n) is 3.78. The molecule has 4 N–H and O–H groups in total. The molecule has 2 atom stereocenters. The second-order valence-electron chi connectivity index (χ2n) is 2.61. The van der Waals surface area contributed by atoms with Crippen LogP contribution in [0.3, 0.4) is 0 Å². The molecular weight excluding hydrogens is 144 g/mol. The molecule has 0 aromatic rings. The van der Waals surface area contributed by atoms with Gasteiger partial charge < -0.3 is 16.2 Å². The van der Waals surface area contributed by atoms with E-state index in [1.54, 1.807) is 6.92 Å². The van der Waals surface area contributed by atoms with Gasteiger partial charge in [0.1, 0.15) is 0 Å². The van der Waals surface area contributed by atoms with Crippen molar-refractivity contribution in [2.45, 2.75) is 32.4 Å². The predicted molar refractivity (Wildman–Crippen MR) is 43.0 cm³/mol. The number of carbonyl (C=O) groups is 1. The van der Waals surface area contributed by atoms with Crippen molar-refractivity contribution in [2.24, 2.45) is 5.73 Å². The van der Waals surface area contributed by atoms with E-state index in [1.807, 2.05) is 6.92 Å². The second kappa shape index (κ2) is 5.09. The van der Waals surface area contributed by atoms with Gasteiger partial charge in [-0.3, -0.25) is 4.79 Å². The van der Waals surface area contributed by atoms with E-state index in [4.69, 9.17) is 10.8 Å². The van der Waals surface area contributed by atoms with Crippen molar-refractivity contribution in [3.63, 3.8) is 0 Å². The third-order valence-corrected chi connectivity index (χ3v) is 1.44. The molecule has 11 heavy (non-hydrogen) atoms. The number of rotatable bonds is 4. The maximum Gasteiger partial charge on any atom is 0.237 e. The zero-order valence-corrected chi connectivity index (χ0v) is 7.00. The van der Waals surface area contributed by atoms with Crippen molar-refractivity contribution in [2.75, 3.05) is 6.61 Å². The number of aliphatic hydroxyl groups excluding tert-OH is 1. The van der Waals surface area contributed by atoms with Gasteiger partial charge in [-0.25, -0.2) is 0 Å². The minimum absolute atomic E-state index is 0.0534. The molecule has 0 rings (SSSR count). The number of amides is 1. The van der Waals surface area contributed by atoms with E-state index >= 15 is 0 Å². The lowest BCUT2D eigenvalue weighted by molar-refractivity contribution is -0.123. The SMILES string of the molecule is CC[C@@H](N)C(=O)N[C@H](C)CO. The smallest absolute Gasteiger partial charge is 0.237 e. The molecule has 4 nitrogen and oxygen atoms in total. The van der Waals surface area contributed by atoms with E-state index in [1.165, 1.54) is 0 Å². The Morgan fingerprint density at radius 2 is 2.27 bits per heavy atom. The standard InChI is InChI=1S/C7H16N2O2/c1-3-6(8)7(11)9-5(2)4-10/h5-6,10H,3-4,8H2,1-2H3,(H,9,11)/t5-,6-/m1/s1. The normalized spacial score (nSPS) is 15.6. The summed E-state index contributed by atoms with van der Waals surface area (Å²) in [6.45, 7) is 3.51.